The molecule has 1 aromatic heterocycles. The summed E-state index contributed by atoms with van der Waals surface area (Å²) in [4.78, 5) is 5.37. The molecule has 136 valence electrons. The first-order valence-corrected chi connectivity index (χ1v) is 10.9. The summed E-state index contributed by atoms with van der Waals surface area (Å²) in [6.07, 6.45) is 2.81. The van der Waals surface area contributed by atoms with Gasteiger partial charge in [0.2, 0.25) is 10.0 Å². The Labute approximate surface area is 158 Å². The van der Waals surface area contributed by atoms with Crippen molar-refractivity contribution in [3.63, 3.8) is 0 Å². The third-order valence-electron chi connectivity index (χ3n) is 4.32. The highest BCUT2D eigenvalue weighted by molar-refractivity contribution is 7.89. The quantitative estimate of drug-likeness (QED) is 0.822. The van der Waals surface area contributed by atoms with E-state index in [4.69, 9.17) is 11.6 Å². The van der Waals surface area contributed by atoms with Crippen molar-refractivity contribution in [2.45, 2.75) is 31.7 Å². The molecule has 2 aromatic rings. The Kier molecular flexibility index (Phi) is 5.68. The summed E-state index contributed by atoms with van der Waals surface area (Å²) in [5.41, 5.74) is 0.865. The van der Waals surface area contributed by atoms with Crippen molar-refractivity contribution < 1.29 is 8.42 Å². The van der Waals surface area contributed by atoms with E-state index in [1.807, 2.05) is 0 Å². The number of rotatable bonds is 5. The molecule has 1 aliphatic rings. The van der Waals surface area contributed by atoms with E-state index in [-0.39, 0.29) is 0 Å². The van der Waals surface area contributed by atoms with Gasteiger partial charge in [-0.15, -0.1) is 11.3 Å². The first kappa shape index (κ1) is 18.6. The number of thiazole rings is 1. The average Bonchev–Trinajstić information content (AvgIpc) is 2.98. The molecule has 1 aromatic carbocycles. The minimum Gasteiger partial charge on any atom is -0.380 e. The maximum absolute atomic E-state index is 12.9. The van der Waals surface area contributed by atoms with E-state index in [1.165, 1.54) is 11.3 Å². The molecule has 0 saturated carbocycles. The standard InChI is InChI=1S/C17H22ClN3O2S2/c1-12-7-13(2)11-21(10-12)25(22,23)16-5-3-14(4-6-16)19-8-15-9-20-17(18)24-15/h3-6,9,12-13,19H,7-8,10-11H2,1-2H3. The second-order valence-electron chi connectivity index (χ2n) is 6.73. The fourth-order valence-corrected chi connectivity index (χ4v) is 5.85. The van der Waals surface area contributed by atoms with Crippen molar-refractivity contribution in [2.24, 2.45) is 11.8 Å². The molecule has 1 aliphatic heterocycles. The van der Waals surface area contributed by atoms with Gasteiger partial charge in [0.1, 0.15) is 0 Å². The lowest BCUT2D eigenvalue weighted by molar-refractivity contribution is 0.222. The zero-order chi connectivity index (χ0) is 18.0. The number of hydrogen-bond acceptors (Lipinski definition) is 5. The molecule has 1 N–H and O–H groups in total. The first-order valence-electron chi connectivity index (χ1n) is 8.29. The van der Waals surface area contributed by atoms with Gasteiger partial charge < -0.3 is 5.32 Å². The Morgan fingerprint density at radius 3 is 2.44 bits per heavy atom. The summed E-state index contributed by atoms with van der Waals surface area (Å²) in [6, 6.07) is 6.93. The van der Waals surface area contributed by atoms with Crippen molar-refractivity contribution in [2.75, 3.05) is 18.4 Å². The monoisotopic (exact) mass is 399 g/mol. The molecule has 1 saturated heterocycles. The van der Waals surface area contributed by atoms with Crippen LogP contribution in [0.5, 0.6) is 0 Å². The van der Waals surface area contributed by atoms with E-state index in [1.54, 1.807) is 34.8 Å². The van der Waals surface area contributed by atoms with Crippen LogP contribution in [-0.2, 0) is 16.6 Å². The lowest BCUT2D eigenvalue weighted by Gasteiger charge is -2.34. The van der Waals surface area contributed by atoms with E-state index in [0.29, 0.717) is 40.8 Å². The van der Waals surface area contributed by atoms with Gasteiger partial charge in [0.15, 0.2) is 4.47 Å². The highest BCUT2D eigenvalue weighted by Gasteiger charge is 2.31. The smallest absolute Gasteiger partial charge is 0.243 e. The first-order chi connectivity index (χ1) is 11.8. The third-order valence-corrected chi connectivity index (χ3v) is 7.28. The molecule has 1 fully saturated rings. The average molecular weight is 400 g/mol. The molecule has 0 amide bonds. The molecule has 0 radical (unpaired) electrons. The van der Waals surface area contributed by atoms with Gasteiger partial charge in [-0.05, 0) is 42.5 Å². The topological polar surface area (TPSA) is 62.3 Å². The zero-order valence-corrected chi connectivity index (χ0v) is 16.7. The minimum atomic E-state index is -3.43. The van der Waals surface area contributed by atoms with E-state index < -0.39 is 10.0 Å². The number of aromatic nitrogens is 1. The Hall–Kier alpha value is -1.15. The SMILES string of the molecule is CC1CC(C)CN(S(=O)(=O)c2ccc(NCc3cnc(Cl)s3)cc2)C1. The predicted molar refractivity (Wildman–Crippen MR) is 103 cm³/mol. The molecule has 0 spiro atoms. The van der Waals surface area contributed by atoms with E-state index in [2.05, 4.69) is 24.1 Å². The van der Waals surface area contributed by atoms with Crippen LogP contribution in [0.15, 0.2) is 35.4 Å². The number of halogens is 1. The van der Waals surface area contributed by atoms with Crippen molar-refractivity contribution in [3.05, 3.63) is 39.8 Å². The number of hydrogen-bond donors (Lipinski definition) is 1. The van der Waals surface area contributed by atoms with Crippen molar-refractivity contribution in [3.8, 4) is 0 Å². The largest absolute Gasteiger partial charge is 0.380 e. The van der Waals surface area contributed by atoms with Crippen molar-refractivity contribution >= 4 is 38.6 Å². The van der Waals surface area contributed by atoms with Crippen LogP contribution < -0.4 is 5.32 Å². The highest BCUT2D eigenvalue weighted by Crippen LogP contribution is 2.27. The van der Waals surface area contributed by atoms with Crippen molar-refractivity contribution in [1.82, 2.24) is 9.29 Å². The maximum atomic E-state index is 12.9. The minimum absolute atomic E-state index is 0.347. The third kappa shape index (κ3) is 4.53. The Morgan fingerprint density at radius 1 is 1.24 bits per heavy atom. The zero-order valence-electron chi connectivity index (χ0n) is 14.3. The highest BCUT2D eigenvalue weighted by atomic mass is 35.5. The predicted octanol–water partition coefficient (Wildman–Crippen LogP) is 4.08. The summed E-state index contributed by atoms with van der Waals surface area (Å²) in [5, 5.41) is 3.25. The molecule has 2 atom stereocenters. The van der Waals surface area contributed by atoms with Crippen LogP contribution in [0, 0.1) is 11.8 Å². The summed E-state index contributed by atoms with van der Waals surface area (Å²) in [6.45, 7) is 6.02. The number of piperidine rings is 1. The Balaban J connectivity index is 1.68. The maximum Gasteiger partial charge on any atom is 0.243 e. The number of sulfonamides is 1. The number of nitrogens with one attached hydrogen (secondary N) is 1. The molecule has 2 heterocycles. The van der Waals surface area contributed by atoms with E-state index in [9.17, 15) is 8.42 Å². The molecule has 0 bridgehead atoms. The number of anilines is 1. The molecule has 2 unspecified atom stereocenters. The van der Waals surface area contributed by atoms with Crippen molar-refractivity contribution in [1.29, 1.82) is 0 Å². The summed E-state index contributed by atoms with van der Waals surface area (Å²) in [5.74, 6) is 0.788. The Bertz CT molecular complexity index is 811. The van der Waals surface area contributed by atoms with Gasteiger partial charge in [0, 0.05) is 29.9 Å². The van der Waals surface area contributed by atoms with Crippen LogP contribution in [0.2, 0.25) is 4.47 Å². The van der Waals surface area contributed by atoms with Crippen LogP contribution in [0.1, 0.15) is 25.1 Å². The molecule has 3 rings (SSSR count). The van der Waals surface area contributed by atoms with Crippen LogP contribution in [-0.4, -0.2) is 30.8 Å². The van der Waals surface area contributed by atoms with Gasteiger partial charge >= 0.3 is 0 Å². The van der Waals surface area contributed by atoms with Crippen LogP contribution >= 0.6 is 22.9 Å². The second kappa shape index (κ2) is 7.61. The number of nitrogens with zero attached hydrogens (tertiary/aromatic N) is 2. The summed E-state index contributed by atoms with van der Waals surface area (Å²) in [7, 11) is -3.43. The van der Waals surface area contributed by atoms with Crippen LogP contribution in [0.3, 0.4) is 0 Å². The normalized spacial score (nSPS) is 22.0. The summed E-state index contributed by atoms with van der Waals surface area (Å²) < 4.78 is 27.8. The van der Waals surface area contributed by atoms with E-state index in [0.717, 1.165) is 17.0 Å². The molecule has 0 aliphatic carbocycles. The molecular formula is C17H22ClN3O2S2. The lowest BCUT2D eigenvalue weighted by Crippen LogP contribution is -2.42. The molecule has 25 heavy (non-hydrogen) atoms. The van der Waals surface area contributed by atoms with E-state index >= 15 is 0 Å². The fourth-order valence-electron chi connectivity index (χ4n) is 3.25. The van der Waals surface area contributed by atoms with Gasteiger partial charge in [0.05, 0.1) is 11.4 Å². The van der Waals surface area contributed by atoms with Gasteiger partial charge in [-0.2, -0.15) is 4.31 Å². The molecule has 8 heteroatoms. The van der Waals surface area contributed by atoms with Crippen LogP contribution in [0.25, 0.3) is 0 Å². The molecular weight excluding hydrogens is 378 g/mol. The van der Waals surface area contributed by atoms with Crippen LogP contribution in [0.4, 0.5) is 5.69 Å². The number of benzene rings is 1. The van der Waals surface area contributed by atoms with Gasteiger partial charge in [0.25, 0.3) is 0 Å². The summed E-state index contributed by atoms with van der Waals surface area (Å²) >= 11 is 7.24. The fraction of sp³-hybridized carbons (Fsp3) is 0.471. The van der Waals surface area contributed by atoms with Gasteiger partial charge in [-0.25, -0.2) is 13.4 Å². The van der Waals surface area contributed by atoms with Gasteiger partial charge in [-0.3, -0.25) is 0 Å². The lowest BCUT2D eigenvalue weighted by atomic mass is 9.94. The molecule has 5 nitrogen and oxygen atoms in total. The second-order valence-corrected chi connectivity index (χ2v) is 10.4. The Morgan fingerprint density at radius 2 is 1.88 bits per heavy atom. The van der Waals surface area contributed by atoms with Gasteiger partial charge in [-0.1, -0.05) is 25.4 Å².